The van der Waals surface area contributed by atoms with Crippen molar-refractivity contribution in [3.8, 4) is 17.2 Å². The highest BCUT2D eigenvalue weighted by Crippen LogP contribution is 2.38. The van der Waals surface area contributed by atoms with E-state index in [0.717, 1.165) is 57.5 Å². The molecule has 6 nitrogen and oxygen atoms in total. The quantitative estimate of drug-likeness (QED) is 0.747. The number of amides is 1. The fraction of sp³-hybridized carbons (Fsp3) is 0.682. The molecule has 0 N–H and O–H groups in total. The largest absolute Gasteiger partial charge is 0.493 e. The average molecular weight is 391 g/mol. The van der Waals surface area contributed by atoms with E-state index in [1.165, 1.54) is 6.42 Å². The van der Waals surface area contributed by atoms with Crippen LogP contribution in [0.25, 0.3) is 0 Å². The Balaban J connectivity index is 1.57. The topological polar surface area (TPSA) is 51.2 Å². The van der Waals surface area contributed by atoms with Crippen molar-refractivity contribution in [2.45, 2.75) is 39.2 Å². The van der Waals surface area contributed by atoms with Gasteiger partial charge in [0.15, 0.2) is 11.5 Å². The molecule has 1 aromatic rings. The Morgan fingerprint density at radius 2 is 1.64 bits per heavy atom. The van der Waals surface area contributed by atoms with E-state index in [-0.39, 0.29) is 5.92 Å². The monoisotopic (exact) mass is 390 g/mol. The predicted molar refractivity (Wildman–Crippen MR) is 109 cm³/mol. The van der Waals surface area contributed by atoms with Crippen LogP contribution >= 0.6 is 0 Å². The lowest BCUT2D eigenvalue weighted by molar-refractivity contribution is -0.138. The average Bonchev–Trinajstić information content (AvgIpc) is 2.73. The molecule has 0 saturated carbocycles. The van der Waals surface area contributed by atoms with Gasteiger partial charge in [-0.15, -0.1) is 0 Å². The third kappa shape index (κ3) is 4.72. The van der Waals surface area contributed by atoms with E-state index in [1.54, 1.807) is 21.3 Å². The van der Waals surface area contributed by atoms with Gasteiger partial charge in [-0.2, -0.15) is 0 Å². The smallest absolute Gasteiger partial charge is 0.225 e. The first-order chi connectivity index (χ1) is 13.5. The molecule has 2 fully saturated rings. The lowest BCUT2D eigenvalue weighted by atomic mass is 9.92. The van der Waals surface area contributed by atoms with E-state index < -0.39 is 0 Å². The number of piperidine rings is 2. The van der Waals surface area contributed by atoms with E-state index in [9.17, 15) is 4.79 Å². The summed E-state index contributed by atoms with van der Waals surface area (Å²) in [6.07, 6.45) is 4.27. The first-order valence-electron chi connectivity index (χ1n) is 10.4. The molecule has 0 aromatic heterocycles. The molecule has 156 valence electrons. The number of carbonyl (C=O) groups excluding carboxylic acids is 1. The minimum Gasteiger partial charge on any atom is -0.493 e. The van der Waals surface area contributed by atoms with E-state index in [1.807, 2.05) is 12.1 Å². The van der Waals surface area contributed by atoms with Gasteiger partial charge in [0.05, 0.1) is 21.3 Å². The maximum absolute atomic E-state index is 12.9. The molecule has 0 bridgehead atoms. The summed E-state index contributed by atoms with van der Waals surface area (Å²) in [5.41, 5.74) is 1.13. The summed E-state index contributed by atoms with van der Waals surface area (Å²) in [6.45, 7) is 6.82. The Morgan fingerprint density at radius 1 is 1.00 bits per heavy atom. The van der Waals surface area contributed by atoms with Gasteiger partial charge >= 0.3 is 0 Å². The van der Waals surface area contributed by atoms with Crippen LogP contribution in [0.1, 0.15) is 38.2 Å². The first-order valence-corrected chi connectivity index (χ1v) is 10.4. The highest BCUT2D eigenvalue weighted by Gasteiger charge is 2.30. The third-order valence-corrected chi connectivity index (χ3v) is 6.04. The summed E-state index contributed by atoms with van der Waals surface area (Å²) >= 11 is 0. The highest BCUT2D eigenvalue weighted by atomic mass is 16.5. The number of rotatable bonds is 6. The van der Waals surface area contributed by atoms with Crippen LogP contribution in [-0.4, -0.2) is 63.2 Å². The van der Waals surface area contributed by atoms with Gasteiger partial charge in [-0.1, -0.05) is 6.92 Å². The van der Waals surface area contributed by atoms with Gasteiger partial charge < -0.3 is 19.1 Å². The molecule has 2 heterocycles. The number of ether oxygens (including phenoxy) is 3. The standard InChI is InChI=1S/C22H34N2O4/c1-16-6-5-9-24(14-16)22(25)18-7-10-23(11-8-18)15-17-12-19(26-2)21(28-4)20(13-17)27-3/h12-13,16,18H,5-11,14-15H2,1-4H3/t16-/m1/s1. The predicted octanol–water partition coefficient (Wildman–Crippen LogP) is 3.18. The number of hydrogen-bond donors (Lipinski definition) is 0. The molecule has 2 aliphatic rings. The number of benzene rings is 1. The number of likely N-dealkylation sites (tertiary alicyclic amines) is 2. The van der Waals surface area contributed by atoms with E-state index in [4.69, 9.17) is 14.2 Å². The van der Waals surface area contributed by atoms with Crippen molar-refractivity contribution in [3.63, 3.8) is 0 Å². The van der Waals surface area contributed by atoms with Gasteiger partial charge in [0.2, 0.25) is 11.7 Å². The zero-order valence-corrected chi connectivity index (χ0v) is 17.7. The van der Waals surface area contributed by atoms with Gasteiger partial charge in [0.25, 0.3) is 0 Å². The van der Waals surface area contributed by atoms with Crippen molar-refractivity contribution < 1.29 is 19.0 Å². The van der Waals surface area contributed by atoms with E-state index in [2.05, 4.69) is 16.7 Å². The van der Waals surface area contributed by atoms with Crippen molar-refractivity contribution in [3.05, 3.63) is 17.7 Å². The van der Waals surface area contributed by atoms with Crippen LogP contribution < -0.4 is 14.2 Å². The summed E-state index contributed by atoms with van der Waals surface area (Å²) in [5.74, 6) is 3.18. The molecule has 6 heteroatoms. The molecule has 1 amide bonds. The lowest BCUT2D eigenvalue weighted by Gasteiger charge is -2.37. The van der Waals surface area contributed by atoms with Crippen molar-refractivity contribution in [2.75, 3.05) is 47.5 Å². The summed E-state index contributed by atoms with van der Waals surface area (Å²) in [7, 11) is 4.89. The molecule has 1 atom stereocenters. The molecule has 1 aromatic carbocycles. The molecule has 0 radical (unpaired) electrons. The summed E-state index contributed by atoms with van der Waals surface area (Å²) < 4.78 is 16.3. The molecule has 2 saturated heterocycles. The molecule has 0 aliphatic carbocycles. The Labute approximate surface area is 168 Å². The summed E-state index contributed by atoms with van der Waals surface area (Å²) in [5, 5.41) is 0. The molecular weight excluding hydrogens is 356 g/mol. The second-order valence-corrected chi connectivity index (χ2v) is 8.12. The SMILES string of the molecule is COc1cc(CN2CCC(C(=O)N3CCC[C@@H](C)C3)CC2)cc(OC)c1OC. The van der Waals surface area contributed by atoms with Crippen molar-refractivity contribution in [1.82, 2.24) is 9.80 Å². The maximum atomic E-state index is 12.9. The van der Waals surface area contributed by atoms with E-state index in [0.29, 0.717) is 29.1 Å². The second-order valence-electron chi connectivity index (χ2n) is 8.12. The van der Waals surface area contributed by atoms with Crippen LogP contribution in [0.3, 0.4) is 0 Å². The molecule has 2 aliphatic heterocycles. The number of nitrogens with zero attached hydrogens (tertiary/aromatic N) is 2. The Hall–Kier alpha value is -1.95. The van der Waals surface area contributed by atoms with Crippen molar-refractivity contribution in [2.24, 2.45) is 11.8 Å². The third-order valence-electron chi connectivity index (χ3n) is 6.04. The fourth-order valence-electron chi connectivity index (χ4n) is 4.47. The normalized spacial score (nSPS) is 21.4. The number of carbonyl (C=O) groups is 1. The van der Waals surface area contributed by atoms with Gasteiger partial charge in [0, 0.05) is 25.6 Å². The zero-order valence-electron chi connectivity index (χ0n) is 17.7. The zero-order chi connectivity index (χ0) is 20.1. The van der Waals surface area contributed by atoms with Crippen LogP contribution in [0.5, 0.6) is 17.2 Å². The van der Waals surface area contributed by atoms with Crippen molar-refractivity contribution >= 4 is 5.91 Å². The van der Waals surface area contributed by atoms with Crippen LogP contribution in [0.2, 0.25) is 0 Å². The van der Waals surface area contributed by atoms with Gasteiger partial charge in [-0.25, -0.2) is 0 Å². The molecule has 0 unspecified atom stereocenters. The first kappa shape index (κ1) is 20.8. The molecule has 0 spiro atoms. The molecular formula is C22H34N2O4. The molecule has 28 heavy (non-hydrogen) atoms. The van der Waals surface area contributed by atoms with Crippen LogP contribution in [0, 0.1) is 11.8 Å². The summed E-state index contributed by atoms with van der Waals surface area (Å²) in [6, 6.07) is 4.02. The van der Waals surface area contributed by atoms with E-state index >= 15 is 0 Å². The lowest BCUT2D eigenvalue weighted by Crippen LogP contribution is -2.45. The van der Waals surface area contributed by atoms with Gasteiger partial charge in [-0.05, 0) is 62.4 Å². The minimum atomic E-state index is 0.182. The Kier molecular flexibility index (Phi) is 7.05. The highest BCUT2D eigenvalue weighted by molar-refractivity contribution is 5.79. The van der Waals surface area contributed by atoms with Crippen LogP contribution in [-0.2, 0) is 11.3 Å². The molecule has 3 rings (SSSR count). The van der Waals surface area contributed by atoms with Crippen LogP contribution in [0.4, 0.5) is 0 Å². The Morgan fingerprint density at radius 3 is 2.18 bits per heavy atom. The maximum Gasteiger partial charge on any atom is 0.225 e. The van der Waals surface area contributed by atoms with Crippen LogP contribution in [0.15, 0.2) is 12.1 Å². The van der Waals surface area contributed by atoms with Gasteiger partial charge in [0.1, 0.15) is 0 Å². The number of methoxy groups -OCH3 is 3. The van der Waals surface area contributed by atoms with Gasteiger partial charge in [-0.3, -0.25) is 9.69 Å². The minimum absolute atomic E-state index is 0.182. The summed E-state index contributed by atoms with van der Waals surface area (Å²) in [4.78, 5) is 17.4. The van der Waals surface area contributed by atoms with Crippen molar-refractivity contribution in [1.29, 1.82) is 0 Å². The second kappa shape index (κ2) is 9.50. The fourth-order valence-corrected chi connectivity index (χ4v) is 4.47. The Bertz CT molecular complexity index is 645. The number of hydrogen-bond acceptors (Lipinski definition) is 5.